The van der Waals surface area contributed by atoms with E-state index in [4.69, 9.17) is 0 Å². The quantitative estimate of drug-likeness (QED) is 0.909. The van der Waals surface area contributed by atoms with Gasteiger partial charge in [-0.2, -0.15) is 9.40 Å². The summed E-state index contributed by atoms with van der Waals surface area (Å²) in [7, 11) is -3.87. The van der Waals surface area contributed by atoms with Crippen LogP contribution in [-0.2, 0) is 10.0 Å². The van der Waals surface area contributed by atoms with Gasteiger partial charge in [0.05, 0.1) is 30.7 Å². The number of alkyl halides is 1. The minimum absolute atomic E-state index is 0.0103. The van der Waals surface area contributed by atoms with Crippen molar-refractivity contribution in [2.45, 2.75) is 23.5 Å². The number of rotatable bonds is 4. The summed E-state index contributed by atoms with van der Waals surface area (Å²) in [6.45, 7) is -0.628. The molecule has 0 spiro atoms. The summed E-state index contributed by atoms with van der Waals surface area (Å²) < 4.78 is 41.1. The van der Waals surface area contributed by atoms with Crippen LogP contribution in [0.25, 0.3) is 5.69 Å². The molecular formula is C14H16FN3O3S. The molecule has 1 aromatic heterocycles. The van der Waals surface area contributed by atoms with E-state index in [0.29, 0.717) is 0 Å². The third-order valence-corrected chi connectivity index (χ3v) is 5.58. The van der Waals surface area contributed by atoms with Crippen molar-refractivity contribution in [3.8, 4) is 5.69 Å². The van der Waals surface area contributed by atoms with Gasteiger partial charge >= 0.3 is 0 Å². The maximum atomic E-state index is 13.5. The van der Waals surface area contributed by atoms with Crippen molar-refractivity contribution in [1.29, 1.82) is 0 Å². The molecule has 118 valence electrons. The zero-order valence-electron chi connectivity index (χ0n) is 11.7. The average molecular weight is 325 g/mol. The number of hydrogen-bond acceptors (Lipinski definition) is 4. The first-order valence-corrected chi connectivity index (χ1v) is 8.33. The van der Waals surface area contributed by atoms with Gasteiger partial charge in [-0.05, 0) is 18.6 Å². The highest BCUT2D eigenvalue weighted by molar-refractivity contribution is 7.89. The van der Waals surface area contributed by atoms with Crippen LogP contribution in [0.2, 0.25) is 0 Å². The molecular weight excluding hydrogens is 309 g/mol. The van der Waals surface area contributed by atoms with Crippen molar-refractivity contribution < 1.29 is 17.9 Å². The minimum atomic E-state index is -3.87. The van der Waals surface area contributed by atoms with Gasteiger partial charge < -0.3 is 5.11 Å². The number of aromatic nitrogens is 2. The van der Waals surface area contributed by atoms with Gasteiger partial charge in [0, 0.05) is 6.54 Å². The molecule has 3 rings (SSSR count). The first-order chi connectivity index (χ1) is 10.5. The van der Waals surface area contributed by atoms with E-state index < -0.39 is 28.8 Å². The van der Waals surface area contributed by atoms with Crippen molar-refractivity contribution in [3.05, 3.63) is 42.7 Å². The first-order valence-electron chi connectivity index (χ1n) is 6.89. The third kappa shape index (κ3) is 2.65. The summed E-state index contributed by atoms with van der Waals surface area (Å²) in [5.74, 6) is 0. The number of aliphatic hydroxyl groups is 1. The fraction of sp³-hybridized carbons (Fsp3) is 0.357. The predicted octanol–water partition coefficient (Wildman–Crippen LogP) is 0.966. The topological polar surface area (TPSA) is 75.4 Å². The first kappa shape index (κ1) is 15.1. The summed E-state index contributed by atoms with van der Waals surface area (Å²) in [5, 5.41) is 13.3. The van der Waals surface area contributed by atoms with Gasteiger partial charge in [-0.3, -0.25) is 0 Å². The molecule has 0 saturated carbocycles. The SMILES string of the molecule is O=S(=O)(c1cnn(-c2ccccc2)c1)N1C[C@@H](F)C[C@H]1CO. The molecule has 0 bridgehead atoms. The average Bonchev–Trinajstić information content (AvgIpc) is 3.15. The molecule has 2 heterocycles. The van der Waals surface area contributed by atoms with E-state index in [1.165, 1.54) is 17.1 Å². The van der Waals surface area contributed by atoms with Crippen LogP contribution in [0, 0.1) is 0 Å². The number of hydrogen-bond donors (Lipinski definition) is 1. The predicted molar refractivity (Wildman–Crippen MR) is 77.8 cm³/mol. The standard InChI is InChI=1S/C14H16FN3O3S/c15-11-6-13(10-19)18(8-11)22(20,21)14-7-16-17(9-14)12-4-2-1-3-5-12/h1-5,7,9,11,13,19H,6,8,10H2/t11-,13-/m0/s1. The van der Waals surface area contributed by atoms with Gasteiger partial charge in [-0.15, -0.1) is 0 Å². The van der Waals surface area contributed by atoms with Gasteiger partial charge in [-0.25, -0.2) is 17.5 Å². The van der Waals surface area contributed by atoms with Crippen LogP contribution < -0.4 is 0 Å². The summed E-state index contributed by atoms with van der Waals surface area (Å²) >= 11 is 0. The lowest BCUT2D eigenvalue weighted by atomic mass is 10.2. The zero-order chi connectivity index (χ0) is 15.7. The monoisotopic (exact) mass is 325 g/mol. The number of sulfonamides is 1. The Kier molecular flexibility index (Phi) is 3.98. The summed E-state index contributed by atoms with van der Waals surface area (Å²) in [6, 6.07) is 8.37. The molecule has 2 aromatic rings. The fourth-order valence-corrected chi connectivity index (χ4v) is 4.18. The van der Waals surface area contributed by atoms with Crippen LogP contribution in [0.15, 0.2) is 47.6 Å². The largest absolute Gasteiger partial charge is 0.395 e. The number of para-hydroxylation sites is 1. The molecule has 0 unspecified atom stereocenters. The minimum Gasteiger partial charge on any atom is -0.395 e. The van der Waals surface area contributed by atoms with Crippen molar-refractivity contribution >= 4 is 10.0 Å². The summed E-state index contributed by atoms with van der Waals surface area (Å²) in [4.78, 5) is -0.0103. The lowest BCUT2D eigenvalue weighted by Gasteiger charge is -2.20. The normalized spacial score (nSPS) is 23.0. The van der Waals surface area contributed by atoms with Crippen molar-refractivity contribution in [2.24, 2.45) is 0 Å². The fourth-order valence-electron chi connectivity index (χ4n) is 2.59. The summed E-state index contributed by atoms with van der Waals surface area (Å²) in [6.07, 6.45) is 1.39. The van der Waals surface area contributed by atoms with Gasteiger partial charge in [-0.1, -0.05) is 18.2 Å². The maximum Gasteiger partial charge on any atom is 0.246 e. The molecule has 1 aromatic carbocycles. The Balaban J connectivity index is 1.92. The highest BCUT2D eigenvalue weighted by Crippen LogP contribution is 2.27. The molecule has 1 fully saturated rings. The third-order valence-electron chi connectivity index (χ3n) is 3.71. The van der Waals surface area contributed by atoms with E-state index >= 15 is 0 Å². The molecule has 1 N–H and O–H groups in total. The van der Waals surface area contributed by atoms with E-state index in [1.54, 1.807) is 12.1 Å². The van der Waals surface area contributed by atoms with Crippen LogP contribution in [0.5, 0.6) is 0 Å². The molecule has 6 nitrogen and oxygen atoms in total. The second kappa shape index (κ2) is 5.79. The summed E-state index contributed by atoms with van der Waals surface area (Å²) in [5.41, 5.74) is 0.729. The van der Waals surface area contributed by atoms with Gasteiger partial charge in [0.15, 0.2) is 0 Å². The van der Waals surface area contributed by atoms with Crippen LogP contribution >= 0.6 is 0 Å². The Morgan fingerprint density at radius 3 is 2.73 bits per heavy atom. The number of halogens is 1. The number of aliphatic hydroxyl groups excluding tert-OH is 1. The highest BCUT2D eigenvalue weighted by Gasteiger charge is 2.40. The lowest BCUT2D eigenvalue weighted by Crippen LogP contribution is -2.37. The van der Waals surface area contributed by atoms with E-state index in [1.807, 2.05) is 18.2 Å². The Morgan fingerprint density at radius 2 is 2.05 bits per heavy atom. The van der Waals surface area contributed by atoms with Crippen LogP contribution in [0.1, 0.15) is 6.42 Å². The van der Waals surface area contributed by atoms with Gasteiger partial charge in [0.1, 0.15) is 11.1 Å². The molecule has 1 saturated heterocycles. The van der Waals surface area contributed by atoms with E-state index in [2.05, 4.69) is 5.10 Å². The zero-order valence-corrected chi connectivity index (χ0v) is 12.5. The van der Waals surface area contributed by atoms with Crippen molar-refractivity contribution in [1.82, 2.24) is 14.1 Å². The highest BCUT2D eigenvalue weighted by atomic mass is 32.2. The molecule has 1 aliphatic rings. The molecule has 0 amide bonds. The van der Waals surface area contributed by atoms with Gasteiger partial charge in [0.2, 0.25) is 10.0 Å². The van der Waals surface area contributed by atoms with Crippen molar-refractivity contribution in [3.63, 3.8) is 0 Å². The lowest BCUT2D eigenvalue weighted by molar-refractivity contribution is 0.213. The molecule has 0 aliphatic carbocycles. The van der Waals surface area contributed by atoms with Crippen LogP contribution in [0.4, 0.5) is 4.39 Å². The number of benzene rings is 1. The Morgan fingerprint density at radius 1 is 1.32 bits per heavy atom. The molecule has 0 radical (unpaired) electrons. The van der Waals surface area contributed by atoms with E-state index in [0.717, 1.165) is 9.99 Å². The van der Waals surface area contributed by atoms with E-state index in [-0.39, 0.29) is 17.9 Å². The molecule has 22 heavy (non-hydrogen) atoms. The van der Waals surface area contributed by atoms with Crippen LogP contribution in [0.3, 0.4) is 0 Å². The molecule has 2 atom stereocenters. The van der Waals surface area contributed by atoms with Gasteiger partial charge in [0.25, 0.3) is 0 Å². The molecule has 8 heteroatoms. The maximum absolute atomic E-state index is 13.5. The Labute approximate surface area is 127 Å². The van der Waals surface area contributed by atoms with Crippen molar-refractivity contribution in [2.75, 3.05) is 13.2 Å². The Bertz CT molecular complexity index is 748. The van der Waals surface area contributed by atoms with E-state index in [9.17, 15) is 17.9 Å². The van der Waals surface area contributed by atoms with Crippen LogP contribution in [-0.4, -0.2) is 53.0 Å². The molecule has 1 aliphatic heterocycles. The second-order valence-corrected chi connectivity index (χ2v) is 7.09. The second-order valence-electron chi connectivity index (χ2n) is 5.20. The smallest absolute Gasteiger partial charge is 0.246 e. The Hall–Kier alpha value is -1.77. The number of nitrogens with zero attached hydrogens (tertiary/aromatic N) is 3.